The summed E-state index contributed by atoms with van der Waals surface area (Å²) in [6, 6.07) is 8.37. The molecule has 0 saturated carbocycles. The average molecular weight is 540 g/mol. The standard InChI is InChI=1S/C30H41N3O6/c1-32-28(20-11-12-23(36-2)24(17-20)37-3)27(21-18-25(38-4)26(39-5)19-22(21)30(32)35)29(34)31-13-10-16-33-14-8-6-7-9-15-33/h11-12,17-19,27-28H,6-10,13-16H2,1-5H3,(H,31,34)/t27-,28-/m1/s1. The number of rotatable bonds is 10. The van der Waals surface area contributed by atoms with E-state index in [1.165, 1.54) is 32.8 Å². The van der Waals surface area contributed by atoms with Gasteiger partial charge >= 0.3 is 0 Å². The molecule has 2 aromatic carbocycles. The molecule has 4 rings (SSSR count). The maximum absolute atomic E-state index is 13.9. The molecule has 0 bridgehead atoms. The molecular weight excluding hydrogens is 498 g/mol. The molecule has 0 aromatic heterocycles. The number of fused-ring (bicyclic) bond motifs is 1. The van der Waals surface area contributed by atoms with E-state index >= 15 is 0 Å². The van der Waals surface area contributed by atoms with Gasteiger partial charge in [-0.2, -0.15) is 0 Å². The smallest absolute Gasteiger partial charge is 0.254 e. The predicted octanol–water partition coefficient (Wildman–Crippen LogP) is 4.01. The van der Waals surface area contributed by atoms with Crippen molar-refractivity contribution in [3.63, 3.8) is 0 Å². The van der Waals surface area contributed by atoms with Crippen LogP contribution in [0.15, 0.2) is 30.3 Å². The first-order valence-electron chi connectivity index (χ1n) is 13.7. The number of ether oxygens (including phenoxy) is 4. The van der Waals surface area contributed by atoms with Crippen molar-refractivity contribution in [2.45, 2.75) is 44.1 Å². The molecule has 1 saturated heterocycles. The molecule has 9 nitrogen and oxygen atoms in total. The van der Waals surface area contributed by atoms with Crippen molar-refractivity contribution in [1.29, 1.82) is 0 Å². The zero-order valence-corrected chi connectivity index (χ0v) is 23.7. The van der Waals surface area contributed by atoms with Crippen LogP contribution in [0.2, 0.25) is 0 Å². The minimum Gasteiger partial charge on any atom is -0.493 e. The molecule has 0 aliphatic carbocycles. The van der Waals surface area contributed by atoms with Gasteiger partial charge in [-0.05, 0) is 74.3 Å². The summed E-state index contributed by atoms with van der Waals surface area (Å²) < 4.78 is 22.0. The molecule has 212 valence electrons. The molecule has 2 heterocycles. The van der Waals surface area contributed by atoms with E-state index in [0.717, 1.165) is 31.6 Å². The van der Waals surface area contributed by atoms with Crippen LogP contribution in [-0.2, 0) is 4.79 Å². The van der Waals surface area contributed by atoms with Crippen molar-refractivity contribution in [3.8, 4) is 23.0 Å². The van der Waals surface area contributed by atoms with E-state index in [1.807, 2.05) is 12.1 Å². The maximum atomic E-state index is 13.9. The normalized spacial score (nSPS) is 19.6. The number of nitrogens with zero attached hydrogens (tertiary/aromatic N) is 2. The minimum atomic E-state index is -0.668. The van der Waals surface area contributed by atoms with Gasteiger partial charge in [-0.1, -0.05) is 18.9 Å². The average Bonchev–Trinajstić information content (AvgIpc) is 3.24. The summed E-state index contributed by atoms with van der Waals surface area (Å²) in [7, 11) is 7.94. The Morgan fingerprint density at radius 2 is 1.49 bits per heavy atom. The first-order chi connectivity index (χ1) is 18.9. The fraction of sp³-hybridized carbons (Fsp3) is 0.533. The topological polar surface area (TPSA) is 89.6 Å². The number of likely N-dealkylation sites (N-methyl/N-ethyl adjacent to an activating group) is 1. The van der Waals surface area contributed by atoms with Gasteiger partial charge in [-0.3, -0.25) is 9.59 Å². The Morgan fingerprint density at radius 3 is 2.13 bits per heavy atom. The summed E-state index contributed by atoms with van der Waals surface area (Å²) in [5.41, 5.74) is 1.81. The number of carbonyl (C=O) groups excluding carboxylic acids is 2. The second kappa shape index (κ2) is 13.1. The van der Waals surface area contributed by atoms with E-state index in [9.17, 15) is 9.59 Å². The lowest BCUT2D eigenvalue weighted by atomic mass is 9.79. The summed E-state index contributed by atoms with van der Waals surface area (Å²) >= 11 is 0. The van der Waals surface area contributed by atoms with E-state index in [0.29, 0.717) is 40.7 Å². The third-order valence-corrected chi connectivity index (χ3v) is 7.86. The van der Waals surface area contributed by atoms with E-state index in [2.05, 4.69) is 10.2 Å². The number of nitrogens with one attached hydrogen (secondary N) is 1. The Morgan fingerprint density at radius 1 is 0.872 bits per heavy atom. The van der Waals surface area contributed by atoms with Gasteiger partial charge in [0.2, 0.25) is 5.91 Å². The molecule has 2 aromatic rings. The summed E-state index contributed by atoms with van der Waals surface area (Å²) in [6.45, 7) is 3.77. The summed E-state index contributed by atoms with van der Waals surface area (Å²) in [5, 5.41) is 3.17. The number of carbonyl (C=O) groups is 2. The van der Waals surface area contributed by atoms with Gasteiger partial charge in [0.15, 0.2) is 23.0 Å². The SMILES string of the molecule is COc1ccc([C@@H]2[C@H](C(=O)NCCCN3CCCCCC3)c3cc(OC)c(OC)cc3C(=O)N2C)cc1OC. The minimum absolute atomic E-state index is 0.140. The van der Waals surface area contributed by atoms with Crippen molar-refractivity contribution in [2.24, 2.45) is 0 Å². The van der Waals surface area contributed by atoms with Gasteiger partial charge in [-0.25, -0.2) is 0 Å². The molecule has 1 fully saturated rings. The lowest BCUT2D eigenvalue weighted by molar-refractivity contribution is -0.124. The number of benzene rings is 2. The maximum Gasteiger partial charge on any atom is 0.254 e. The number of amides is 2. The highest BCUT2D eigenvalue weighted by molar-refractivity contribution is 6.02. The third-order valence-electron chi connectivity index (χ3n) is 7.86. The van der Waals surface area contributed by atoms with Crippen LogP contribution in [0.4, 0.5) is 0 Å². The van der Waals surface area contributed by atoms with Crippen LogP contribution in [0, 0.1) is 0 Å². The zero-order chi connectivity index (χ0) is 27.9. The van der Waals surface area contributed by atoms with Crippen molar-refractivity contribution in [1.82, 2.24) is 15.1 Å². The Kier molecular flexibility index (Phi) is 9.56. The molecule has 2 atom stereocenters. The van der Waals surface area contributed by atoms with E-state index in [1.54, 1.807) is 51.5 Å². The first-order valence-corrected chi connectivity index (χ1v) is 13.7. The Bertz CT molecular complexity index is 1160. The molecule has 2 aliphatic rings. The largest absolute Gasteiger partial charge is 0.493 e. The van der Waals surface area contributed by atoms with Crippen LogP contribution in [-0.4, -0.2) is 83.3 Å². The number of hydrogen-bond donors (Lipinski definition) is 1. The van der Waals surface area contributed by atoms with Crippen LogP contribution < -0.4 is 24.3 Å². The van der Waals surface area contributed by atoms with Gasteiger partial charge in [0.1, 0.15) is 0 Å². The Balaban J connectivity index is 1.66. The van der Waals surface area contributed by atoms with E-state index in [-0.39, 0.29) is 11.8 Å². The van der Waals surface area contributed by atoms with E-state index < -0.39 is 12.0 Å². The molecule has 1 N–H and O–H groups in total. The highest BCUT2D eigenvalue weighted by Gasteiger charge is 2.43. The van der Waals surface area contributed by atoms with Crippen LogP contribution >= 0.6 is 0 Å². The number of hydrogen-bond acceptors (Lipinski definition) is 7. The number of methoxy groups -OCH3 is 4. The van der Waals surface area contributed by atoms with Gasteiger partial charge in [-0.15, -0.1) is 0 Å². The second-order valence-corrected chi connectivity index (χ2v) is 10.1. The van der Waals surface area contributed by atoms with E-state index in [4.69, 9.17) is 18.9 Å². The van der Waals surface area contributed by atoms with Gasteiger partial charge in [0, 0.05) is 19.2 Å². The fourth-order valence-electron chi connectivity index (χ4n) is 5.77. The second-order valence-electron chi connectivity index (χ2n) is 10.1. The lowest BCUT2D eigenvalue weighted by Crippen LogP contribution is -2.46. The highest BCUT2D eigenvalue weighted by atomic mass is 16.5. The zero-order valence-electron chi connectivity index (χ0n) is 23.7. The first kappa shape index (κ1) is 28.5. The highest BCUT2D eigenvalue weighted by Crippen LogP contribution is 2.46. The van der Waals surface area contributed by atoms with Crippen LogP contribution in [0.1, 0.15) is 65.5 Å². The van der Waals surface area contributed by atoms with Gasteiger partial charge in [0.25, 0.3) is 5.91 Å². The molecule has 39 heavy (non-hydrogen) atoms. The van der Waals surface area contributed by atoms with Gasteiger partial charge in [0.05, 0.1) is 40.4 Å². The van der Waals surface area contributed by atoms with Crippen molar-refractivity contribution in [2.75, 3.05) is 61.7 Å². The molecule has 2 aliphatic heterocycles. The monoisotopic (exact) mass is 539 g/mol. The molecule has 0 spiro atoms. The van der Waals surface area contributed by atoms with Crippen molar-refractivity contribution in [3.05, 3.63) is 47.0 Å². The Labute approximate surface area is 231 Å². The van der Waals surface area contributed by atoms with Crippen LogP contribution in [0.3, 0.4) is 0 Å². The van der Waals surface area contributed by atoms with Gasteiger partial charge < -0.3 is 34.1 Å². The third kappa shape index (κ3) is 6.08. The molecule has 9 heteroatoms. The van der Waals surface area contributed by atoms with Crippen LogP contribution in [0.25, 0.3) is 0 Å². The summed E-state index contributed by atoms with van der Waals surface area (Å²) in [4.78, 5) is 31.7. The van der Waals surface area contributed by atoms with Crippen molar-refractivity contribution >= 4 is 11.8 Å². The summed E-state index contributed by atoms with van der Waals surface area (Å²) in [5.74, 6) is 1.02. The molecular formula is C30H41N3O6. The van der Waals surface area contributed by atoms with Crippen LogP contribution in [0.5, 0.6) is 23.0 Å². The quantitative estimate of drug-likeness (QED) is 0.456. The Hall–Kier alpha value is -3.46. The lowest BCUT2D eigenvalue weighted by Gasteiger charge is -2.40. The molecule has 0 radical (unpaired) electrons. The van der Waals surface area contributed by atoms with Crippen molar-refractivity contribution < 1.29 is 28.5 Å². The fourth-order valence-corrected chi connectivity index (χ4v) is 5.77. The predicted molar refractivity (Wildman–Crippen MR) is 149 cm³/mol. The summed E-state index contributed by atoms with van der Waals surface area (Å²) in [6.07, 6.45) is 5.94. The molecule has 0 unspecified atom stereocenters. The molecule has 2 amide bonds. The number of likely N-dealkylation sites (tertiary alicyclic amines) is 1.